The summed E-state index contributed by atoms with van der Waals surface area (Å²) in [4.78, 5) is 23.9. The number of esters is 1. The average Bonchev–Trinajstić information content (AvgIpc) is 3.16. The molecule has 0 aliphatic carbocycles. The van der Waals surface area contributed by atoms with Gasteiger partial charge >= 0.3 is 5.97 Å². The van der Waals surface area contributed by atoms with Crippen molar-refractivity contribution in [2.45, 2.75) is 10.6 Å². The molecule has 0 radical (unpaired) electrons. The lowest BCUT2D eigenvalue weighted by atomic mass is 10.2. The summed E-state index contributed by atoms with van der Waals surface area (Å²) in [5.74, 6) is -0.0262. The number of methoxy groups -OCH3 is 1. The number of nitro groups is 1. The lowest BCUT2D eigenvalue weighted by molar-refractivity contribution is -0.384. The molecule has 0 amide bonds. The number of hydrogen-bond acceptors (Lipinski definition) is 7. The van der Waals surface area contributed by atoms with Crippen LogP contribution in [0.1, 0.15) is 16.1 Å². The monoisotopic (exact) mass is 385 g/mol. The summed E-state index contributed by atoms with van der Waals surface area (Å²) in [6, 6.07) is 15.2. The third-order valence-electron chi connectivity index (χ3n) is 3.63. The highest BCUT2D eigenvalue weighted by molar-refractivity contribution is 7.98. The number of nitrogens with zero attached hydrogens (tertiary/aromatic N) is 1. The SMILES string of the molecule is COc1ccc([N+](=O)[O-])cc1OC(=O)c1occc1CSc1ccccc1. The number of furan rings is 1. The molecule has 0 N–H and O–H groups in total. The molecule has 138 valence electrons. The second kappa shape index (κ2) is 8.41. The quantitative estimate of drug-likeness (QED) is 0.191. The summed E-state index contributed by atoms with van der Waals surface area (Å²) in [6.07, 6.45) is 1.40. The van der Waals surface area contributed by atoms with Crippen molar-refractivity contribution < 1.29 is 23.6 Å². The highest BCUT2D eigenvalue weighted by atomic mass is 32.2. The molecule has 7 nitrogen and oxygen atoms in total. The molecule has 3 aromatic rings. The predicted octanol–water partition coefficient (Wildman–Crippen LogP) is 4.71. The Morgan fingerprint density at radius 3 is 2.63 bits per heavy atom. The van der Waals surface area contributed by atoms with Crippen LogP contribution in [-0.2, 0) is 5.75 Å². The van der Waals surface area contributed by atoms with Crippen LogP contribution in [0.15, 0.2) is 70.2 Å². The van der Waals surface area contributed by atoms with E-state index >= 15 is 0 Å². The number of non-ortho nitro benzene ring substituents is 1. The van der Waals surface area contributed by atoms with Crippen LogP contribution in [0.25, 0.3) is 0 Å². The molecule has 0 unspecified atom stereocenters. The third-order valence-corrected chi connectivity index (χ3v) is 4.69. The molecule has 8 heteroatoms. The fourth-order valence-electron chi connectivity index (χ4n) is 2.31. The summed E-state index contributed by atoms with van der Waals surface area (Å²) in [5.41, 5.74) is 0.455. The molecule has 1 heterocycles. The Labute approximate surface area is 159 Å². The molecular weight excluding hydrogens is 370 g/mol. The Kier molecular flexibility index (Phi) is 5.77. The van der Waals surface area contributed by atoms with Gasteiger partial charge in [0.2, 0.25) is 5.76 Å². The van der Waals surface area contributed by atoms with E-state index in [4.69, 9.17) is 13.9 Å². The van der Waals surface area contributed by atoms with E-state index < -0.39 is 10.9 Å². The van der Waals surface area contributed by atoms with Crippen molar-refractivity contribution in [3.8, 4) is 11.5 Å². The Bertz CT molecular complexity index is 954. The molecule has 0 aliphatic rings. The molecule has 0 aliphatic heterocycles. The average molecular weight is 385 g/mol. The zero-order valence-corrected chi connectivity index (χ0v) is 15.1. The lowest BCUT2D eigenvalue weighted by Crippen LogP contribution is -2.10. The first-order valence-electron chi connectivity index (χ1n) is 7.87. The second-order valence-electron chi connectivity index (χ2n) is 5.36. The summed E-state index contributed by atoms with van der Waals surface area (Å²) < 4.78 is 15.7. The number of carbonyl (C=O) groups excluding carboxylic acids is 1. The van der Waals surface area contributed by atoms with Crippen LogP contribution in [0, 0.1) is 10.1 Å². The van der Waals surface area contributed by atoms with Crippen molar-refractivity contribution in [2.24, 2.45) is 0 Å². The molecule has 27 heavy (non-hydrogen) atoms. The molecule has 0 atom stereocenters. The second-order valence-corrected chi connectivity index (χ2v) is 6.41. The summed E-state index contributed by atoms with van der Waals surface area (Å²) in [7, 11) is 1.38. The maximum Gasteiger partial charge on any atom is 0.380 e. The lowest BCUT2D eigenvalue weighted by Gasteiger charge is -2.08. The largest absolute Gasteiger partial charge is 0.493 e. The fourth-order valence-corrected chi connectivity index (χ4v) is 3.21. The van der Waals surface area contributed by atoms with E-state index in [-0.39, 0.29) is 22.9 Å². The van der Waals surface area contributed by atoms with E-state index in [2.05, 4.69) is 0 Å². The van der Waals surface area contributed by atoms with Crippen LogP contribution < -0.4 is 9.47 Å². The van der Waals surface area contributed by atoms with Gasteiger partial charge in [-0.25, -0.2) is 4.79 Å². The molecule has 1 aromatic heterocycles. The van der Waals surface area contributed by atoms with Crippen LogP contribution in [0.4, 0.5) is 5.69 Å². The van der Waals surface area contributed by atoms with E-state index in [1.807, 2.05) is 30.3 Å². The van der Waals surface area contributed by atoms with E-state index in [1.165, 1.54) is 25.5 Å². The summed E-state index contributed by atoms with van der Waals surface area (Å²) in [5, 5.41) is 10.9. The van der Waals surface area contributed by atoms with Crippen molar-refractivity contribution in [3.05, 3.63) is 82.3 Å². The molecule has 0 fully saturated rings. The van der Waals surface area contributed by atoms with E-state index in [1.54, 1.807) is 17.8 Å². The number of benzene rings is 2. The minimum Gasteiger partial charge on any atom is -0.493 e. The van der Waals surface area contributed by atoms with Crippen LogP contribution in [-0.4, -0.2) is 18.0 Å². The van der Waals surface area contributed by atoms with Gasteiger partial charge in [0.15, 0.2) is 11.5 Å². The maximum atomic E-state index is 12.5. The van der Waals surface area contributed by atoms with Gasteiger partial charge < -0.3 is 13.9 Å². The van der Waals surface area contributed by atoms with Gasteiger partial charge in [-0.3, -0.25) is 10.1 Å². The number of hydrogen-bond donors (Lipinski definition) is 0. The molecule has 0 saturated heterocycles. The van der Waals surface area contributed by atoms with Gasteiger partial charge in [0.1, 0.15) is 0 Å². The normalized spacial score (nSPS) is 10.4. The van der Waals surface area contributed by atoms with Crippen LogP contribution in [0.5, 0.6) is 11.5 Å². The van der Waals surface area contributed by atoms with Crippen molar-refractivity contribution in [1.82, 2.24) is 0 Å². The van der Waals surface area contributed by atoms with Crippen molar-refractivity contribution in [3.63, 3.8) is 0 Å². The first-order chi connectivity index (χ1) is 13.1. The maximum absolute atomic E-state index is 12.5. The summed E-state index contributed by atoms with van der Waals surface area (Å²) >= 11 is 1.55. The molecule has 0 bridgehead atoms. The smallest absolute Gasteiger partial charge is 0.380 e. The third kappa shape index (κ3) is 4.48. The first-order valence-corrected chi connectivity index (χ1v) is 8.86. The van der Waals surface area contributed by atoms with Gasteiger partial charge in [-0.1, -0.05) is 18.2 Å². The Balaban J connectivity index is 1.77. The number of ether oxygens (including phenoxy) is 2. The first kappa shape index (κ1) is 18.5. The van der Waals surface area contributed by atoms with Gasteiger partial charge in [-0.2, -0.15) is 0 Å². The number of nitro benzene ring substituents is 1. The zero-order valence-electron chi connectivity index (χ0n) is 14.3. The molecule has 3 rings (SSSR count). The van der Waals surface area contributed by atoms with Crippen molar-refractivity contribution in [2.75, 3.05) is 7.11 Å². The van der Waals surface area contributed by atoms with Crippen molar-refractivity contribution in [1.29, 1.82) is 0 Å². The predicted molar refractivity (Wildman–Crippen MR) is 99.3 cm³/mol. The standard InChI is InChI=1S/C19H15NO6S/c1-24-16-8-7-14(20(22)23)11-17(16)26-19(21)18-13(9-10-25-18)12-27-15-5-3-2-4-6-15/h2-11H,12H2,1H3. The van der Waals surface area contributed by atoms with Crippen molar-refractivity contribution >= 4 is 23.4 Å². The Morgan fingerprint density at radius 1 is 1.15 bits per heavy atom. The zero-order chi connectivity index (χ0) is 19.2. The molecule has 0 saturated carbocycles. The number of thioether (sulfide) groups is 1. The topological polar surface area (TPSA) is 91.8 Å². The van der Waals surface area contributed by atoms with Gasteiger partial charge in [0.05, 0.1) is 24.4 Å². The van der Waals surface area contributed by atoms with E-state index in [0.717, 1.165) is 11.0 Å². The minimum absolute atomic E-state index is 0.0465. The highest BCUT2D eigenvalue weighted by Gasteiger charge is 2.21. The van der Waals surface area contributed by atoms with E-state index in [9.17, 15) is 14.9 Å². The number of rotatable bonds is 7. The van der Waals surface area contributed by atoms with Crippen LogP contribution in [0.3, 0.4) is 0 Å². The fraction of sp³-hybridized carbons (Fsp3) is 0.105. The number of carbonyl (C=O) groups is 1. The van der Waals surface area contributed by atoms with Gasteiger partial charge in [0.25, 0.3) is 5.69 Å². The van der Waals surface area contributed by atoms with Gasteiger partial charge in [-0.05, 0) is 24.3 Å². The molecular formula is C19H15NO6S. The van der Waals surface area contributed by atoms with Gasteiger partial charge in [0, 0.05) is 22.3 Å². The Hall–Kier alpha value is -3.26. The Morgan fingerprint density at radius 2 is 1.93 bits per heavy atom. The minimum atomic E-state index is -0.748. The molecule has 2 aromatic carbocycles. The van der Waals surface area contributed by atoms with E-state index in [0.29, 0.717) is 11.3 Å². The van der Waals surface area contributed by atoms with Crippen LogP contribution >= 0.6 is 11.8 Å². The summed E-state index contributed by atoms with van der Waals surface area (Å²) in [6.45, 7) is 0. The molecule has 0 spiro atoms. The highest BCUT2D eigenvalue weighted by Crippen LogP contribution is 2.32. The van der Waals surface area contributed by atoms with Gasteiger partial charge in [-0.15, -0.1) is 11.8 Å². The van der Waals surface area contributed by atoms with Crippen LogP contribution in [0.2, 0.25) is 0 Å².